The lowest BCUT2D eigenvalue weighted by atomic mass is 10.0. The lowest BCUT2D eigenvalue weighted by Gasteiger charge is -2.14. The predicted molar refractivity (Wildman–Crippen MR) is 69.3 cm³/mol. The summed E-state index contributed by atoms with van der Waals surface area (Å²) in [6.07, 6.45) is 5.36. The summed E-state index contributed by atoms with van der Waals surface area (Å²) in [7, 11) is 0. The molecule has 5 heteroatoms. The number of likely N-dealkylation sites (tertiary alicyclic amines) is 1. The number of aromatic amines is 1. The first-order valence-corrected chi connectivity index (χ1v) is 6.95. The number of H-pyrrole nitrogens is 1. The first-order valence-electron chi connectivity index (χ1n) is 6.95. The first-order chi connectivity index (χ1) is 8.74. The number of aryl methyl sites for hydroxylation is 1. The molecule has 1 aromatic rings. The molecule has 5 nitrogen and oxygen atoms in total. The molecule has 18 heavy (non-hydrogen) atoms. The highest BCUT2D eigenvalue weighted by Gasteiger charge is 2.28. The van der Waals surface area contributed by atoms with Crippen LogP contribution >= 0.6 is 0 Å². The van der Waals surface area contributed by atoms with Gasteiger partial charge in [-0.1, -0.05) is 20.3 Å². The van der Waals surface area contributed by atoms with Crippen molar-refractivity contribution in [2.24, 2.45) is 5.92 Å². The number of carbonyl (C=O) groups excluding carboxylic acids is 1. The fourth-order valence-electron chi connectivity index (χ4n) is 2.54. The minimum Gasteiger partial charge on any atom is -0.336 e. The van der Waals surface area contributed by atoms with Gasteiger partial charge in [0.25, 0.3) is 5.91 Å². The van der Waals surface area contributed by atoms with Crippen molar-refractivity contribution in [3.8, 4) is 0 Å². The zero-order valence-corrected chi connectivity index (χ0v) is 11.3. The van der Waals surface area contributed by atoms with E-state index in [4.69, 9.17) is 0 Å². The summed E-state index contributed by atoms with van der Waals surface area (Å²) in [5.41, 5.74) is 0. The molecular formula is C13H22N4O. The summed E-state index contributed by atoms with van der Waals surface area (Å²) in [5.74, 6) is 1.78. The summed E-state index contributed by atoms with van der Waals surface area (Å²) in [5, 5.41) is 6.86. The number of hydrogen-bond acceptors (Lipinski definition) is 3. The number of nitrogens with zero attached hydrogens (tertiary/aromatic N) is 3. The number of amides is 1. The Morgan fingerprint density at radius 2 is 2.28 bits per heavy atom. The molecule has 0 spiro atoms. The molecule has 1 aliphatic heterocycles. The average Bonchev–Trinajstić information content (AvgIpc) is 2.98. The van der Waals surface area contributed by atoms with Crippen molar-refractivity contribution >= 4 is 5.91 Å². The van der Waals surface area contributed by atoms with Crippen molar-refractivity contribution in [1.29, 1.82) is 0 Å². The Bertz CT molecular complexity index is 401. The molecule has 1 unspecified atom stereocenters. The first kappa shape index (κ1) is 13.1. The van der Waals surface area contributed by atoms with Gasteiger partial charge < -0.3 is 4.90 Å². The molecule has 0 radical (unpaired) electrons. The van der Waals surface area contributed by atoms with E-state index in [-0.39, 0.29) is 5.91 Å². The fourth-order valence-corrected chi connectivity index (χ4v) is 2.54. The topological polar surface area (TPSA) is 61.9 Å². The smallest absolute Gasteiger partial charge is 0.293 e. The molecule has 2 rings (SSSR count). The average molecular weight is 250 g/mol. The highest BCUT2D eigenvalue weighted by molar-refractivity contribution is 5.90. The Labute approximate surface area is 108 Å². The maximum atomic E-state index is 12.2. The quantitative estimate of drug-likeness (QED) is 0.869. The second kappa shape index (κ2) is 5.98. The fraction of sp³-hybridized carbons (Fsp3) is 0.769. The summed E-state index contributed by atoms with van der Waals surface area (Å²) in [6.45, 7) is 5.99. The number of nitrogens with one attached hydrogen (secondary N) is 1. The Balaban J connectivity index is 1.94. The van der Waals surface area contributed by atoms with Gasteiger partial charge in [0, 0.05) is 19.5 Å². The van der Waals surface area contributed by atoms with E-state index >= 15 is 0 Å². The van der Waals surface area contributed by atoms with Crippen molar-refractivity contribution in [3.63, 3.8) is 0 Å². The van der Waals surface area contributed by atoms with Crippen LogP contribution in [-0.2, 0) is 6.42 Å². The monoisotopic (exact) mass is 250 g/mol. The van der Waals surface area contributed by atoms with Gasteiger partial charge in [0.05, 0.1) is 0 Å². The Morgan fingerprint density at radius 1 is 1.44 bits per heavy atom. The minimum absolute atomic E-state index is 0.0211. The minimum atomic E-state index is -0.0211. The summed E-state index contributed by atoms with van der Waals surface area (Å²) in [6, 6.07) is 0. The molecule has 2 heterocycles. The van der Waals surface area contributed by atoms with Crippen molar-refractivity contribution in [3.05, 3.63) is 11.6 Å². The molecule has 1 fully saturated rings. The van der Waals surface area contributed by atoms with Crippen LogP contribution in [0.25, 0.3) is 0 Å². The van der Waals surface area contributed by atoms with Crippen LogP contribution < -0.4 is 0 Å². The molecule has 1 saturated heterocycles. The van der Waals surface area contributed by atoms with E-state index in [0.717, 1.165) is 38.2 Å². The predicted octanol–water partition coefficient (Wildman–Crippen LogP) is 2.02. The normalized spacial score (nSPS) is 19.4. The Kier molecular flexibility index (Phi) is 4.33. The van der Waals surface area contributed by atoms with Crippen LogP contribution in [0.3, 0.4) is 0 Å². The van der Waals surface area contributed by atoms with Gasteiger partial charge in [-0.2, -0.15) is 0 Å². The maximum absolute atomic E-state index is 12.2. The van der Waals surface area contributed by atoms with E-state index in [0.29, 0.717) is 11.7 Å². The van der Waals surface area contributed by atoms with Crippen molar-refractivity contribution in [1.82, 2.24) is 20.1 Å². The van der Waals surface area contributed by atoms with Crippen LogP contribution in [0.1, 0.15) is 56.0 Å². The molecule has 0 aromatic carbocycles. The maximum Gasteiger partial charge on any atom is 0.293 e. The van der Waals surface area contributed by atoms with Gasteiger partial charge in [0.15, 0.2) is 0 Å². The molecule has 1 N–H and O–H groups in total. The van der Waals surface area contributed by atoms with Gasteiger partial charge in [0.2, 0.25) is 5.82 Å². The highest BCUT2D eigenvalue weighted by Crippen LogP contribution is 2.21. The van der Waals surface area contributed by atoms with Gasteiger partial charge in [-0.25, -0.2) is 4.98 Å². The standard InChI is InChI=1S/C13H22N4O/c1-3-5-10-7-8-17(9-10)13(18)12-14-11(6-4-2)15-16-12/h10H,3-9H2,1-2H3,(H,14,15,16). The molecule has 1 atom stereocenters. The number of rotatable bonds is 5. The third kappa shape index (κ3) is 2.89. The van der Waals surface area contributed by atoms with Crippen LogP contribution in [0.15, 0.2) is 0 Å². The van der Waals surface area contributed by atoms with Crippen LogP contribution in [-0.4, -0.2) is 39.1 Å². The molecule has 1 aromatic heterocycles. The van der Waals surface area contributed by atoms with Gasteiger partial charge in [0.1, 0.15) is 5.82 Å². The number of aromatic nitrogens is 3. The lowest BCUT2D eigenvalue weighted by molar-refractivity contribution is 0.0775. The second-order valence-corrected chi connectivity index (χ2v) is 5.05. The van der Waals surface area contributed by atoms with Crippen molar-refractivity contribution in [2.45, 2.75) is 46.0 Å². The van der Waals surface area contributed by atoms with Crippen LogP contribution in [0, 0.1) is 5.92 Å². The SMILES string of the molecule is CCCc1nc(C(=O)N2CCC(CCC)C2)n[nH]1. The van der Waals surface area contributed by atoms with Crippen LogP contribution in [0.2, 0.25) is 0 Å². The molecular weight excluding hydrogens is 228 g/mol. The van der Waals surface area contributed by atoms with E-state index in [2.05, 4.69) is 29.0 Å². The van der Waals surface area contributed by atoms with Gasteiger partial charge in [-0.3, -0.25) is 9.89 Å². The largest absolute Gasteiger partial charge is 0.336 e. The number of carbonyl (C=O) groups is 1. The molecule has 100 valence electrons. The third-order valence-electron chi connectivity index (χ3n) is 3.48. The molecule has 1 aliphatic rings. The summed E-state index contributed by atoms with van der Waals surface area (Å²) < 4.78 is 0. The lowest BCUT2D eigenvalue weighted by Crippen LogP contribution is -2.29. The third-order valence-corrected chi connectivity index (χ3v) is 3.48. The Hall–Kier alpha value is -1.39. The second-order valence-electron chi connectivity index (χ2n) is 5.05. The number of hydrogen-bond donors (Lipinski definition) is 1. The molecule has 0 aliphatic carbocycles. The van der Waals surface area contributed by atoms with Crippen molar-refractivity contribution < 1.29 is 4.79 Å². The zero-order valence-electron chi connectivity index (χ0n) is 11.3. The highest BCUT2D eigenvalue weighted by atomic mass is 16.2. The van der Waals surface area contributed by atoms with Crippen LogP contribution in [0.5, 0.6) is 0 Å². The Morgan fingerprint density at radius 3 is 3.00 bits per heavy atom. The van der Waals surface area contributed by atoms with Gasteiger partial charge in [-0.15, -0.1) is 5.10 Å². The summed E-state index contributed by atoms with van der Waals surface area (Å²) in [4.78, 5) is 18.3. The molecule has 1 amide bonds. The molecule has 0 bridgehead atoms. The van der Waals surface area contributed by atoms with Gasteiger partial charge in [-0.05, 0) is 25.2 Å². The van der Waals surface area contributed by atoms with E-state index < -0.39 is 0 Å². The van der Waals surface area contributed by atoms with E-state index in [1.807, 2.05) is 4.90 Å². The molecule has 0 saturated carbocycles. The summed E-state index contributed by atoms with van der Waals surface area (Å²) >= 11 is 0. The van der Waals surface area contributed by atoms with E-state index in [1.54, 1.807) is 0 Å². The van der Waals surface area contributed by atoms with E-state index in [9.17, 15) is 4.79 Å². The zero-order chi connectivity index (χ0) is 13.0. The van der Waals surface area contributed by atoms with E-state index in [1.165, 1.54) is 12.8 Å². The van der Waals surface area contributed by atoms with Crippen molar-refractivity contribution in [2.75, 3.05) is 13.1 Å². The van der Waals surface area contributed by atoms with Crippen LogP contribution in [0.4, 0.5) is 0 Å². The van der Waals surface area contributed by atoms with Gasteiger partial charge >= 0.3 is 0 Å².